The Balaban J connectivity index is 2.00. The average molecular weight is 222 g/mol. The van der Waals surface area contributed by atoms with Crippen molar-refractivity contribution >= 4 is 7.85 Å². The summed E-state index contributed by atoms with van der Waals surface area (Å²) in [6.07, 6.45) is 1.29. The zero-order valence-corrected chi connectivity index (χ0v) is 11.7. The highest BCUT2D eigenvalue weighted by atomic mass is 15.3. The van der Waals surface area contributed by atoms with Crippen LogP contribution < -0.4 is 0 Å². The van der Waals surface area contributed by atoms with Crippen LogP contribution in [-0.2, 0) is 0 Å². The van der Waals surface area contributed by atoms with E-state index < -0.39 is 0 Å². The van der Waals surface area contributed by atoms with Crippen molar-refractivity contribution in [3.05, 3.63) is 0 Å². The van der Waals surface area contributed by atoms with Crippen LogP contribution in [0.3, 0.4) is 0 Å². The lowest BCUT2D eigenvalue weighted by atomic mass is 9.64. The minimum Gasteiger partial charge on any atom is -0.301 e. The molecule has 0 spiro atoms. The highest BCUT2D eigenvalue weighted by molar-refractivity contribution is 6.16. The van der Waals surface area contributed by atoms with Gasteiger partial charge in [0, 0.05) is 25.2 Å². The number of hydrogen-bond acceptors (Lipinski definition) is 2. The van der Waals surface area contributed by atoms with Gasteiger partial charge in [0.15, 0.2) is 0 Å². The molecule has 0 saturated carbocycles. The van der Waals surface area contributed by atoms with Crippen LogP contribution in [0.1, 0.15) is 34.1 Å². The summed E-state index contributed by atoms with van der Waals surface area (Å²) in [5.41, 5.74) is 0. The van der Waals surface area contributed by atoms with Crippen molar-refractivity contribution in [2.24, 2.45) is 5.92 Å². The van der Waals surface area contributed by atoms with Crippen LogP contribution in [0.2, 0.25) is 5.31 Å². The number of fused-ring (bicyclic) bond motifs is 1. The highest BCUT2D eigenvalue weighted by Crippen LogP contribution is 2.47. The second-order valence-corrected chi connectivity index (χ2v) is 6.56. The molecule has 2 fully saturated rings. The lowest BCUT2D eigenvalue weighted by Crippen LogP contribution is -2.37. The van der Waals surface area contributed by atoms with E-state index in [0.717, 1.165) is 18.0 Å². The quantitative estimate of drug-likeness (QED) is 0.663. The first-order valence-corrected chi connectivity index (χ1v) is 6.94. The number of nitrogens with zero attached hydrogens (tertiary/aromatic N) is 2. The molecular formula is C13H27BN2. The van der Waals surface area contributed by atoms with Gasteiger partial charge in [-0.3, -0.25) is 0 Å². The Morgan fingerprint density at radius 2 is 1.75 bits per heavy atom. The Bertz CT molecular complexity index is 256. The maximum atomic E-state index is 2.71. The zero-order valence-electron chi connectivity index (χ0n) is 11.7. The number of hydrogen-bond donors (Lipinski definition) is 0. The van der Waals surface area contributed by atoms with Gasteiger partial charge in [-0.2, -0.15) is 0 Å². The third kappa shape index (κ3) is 2.04. The van der Waals surface area contributed by atoms with E-state index in [0.29, 0.717) is 5.31 Å². The lowest BCUT2D eigenvalue weighted by Gasteiger charge is -2.30. The standard InChI is InChI=1S/C13H27BN2/c1-5-11(4)16-7-12-6-15(10(2)3)8-13(12,14)9-16/h10-12H,5-9,14H2,1-4H3/t11?,12-,13-/m1/s1. The molecule has 0 radical (unpaired) electrons. The van der Waals surface area contributed by atoms with E-state index >= 15 is 0 Å². The van der Waals surface area contributed by atoms with Gasteiger partial charge in [0.05, 0.1) is 0 Å². The fourth-order valence-electron chi connectivity index (χ4n) is 3.42. The van der Waals surface area contributed by atoms with Gasteiger partial charge >= 0.3 is 0 Å². The topological polar surface area (TPSA) is 6.48 Å². The monoisotopic (exact) mass is 222 g/mol. The molecule has 0 aromatic carbocycles. The van der Waals surface area contributed by atoms with Crippen LogP contribution in [0, 0.1) is 5.92 Å². The van der Waals surface area contributed by atoms with Gasteiger partial charge in [-0.15, -0.1) is 0 Å². The Hall–Kier alpha value is -0.0151. The molecule has 2 nitrogen and oxygen atoms in total. The van der Waals surface area contributed by atoms with E-state index in [1.54, 1.807) is 0 Å². The molecule has 2 aliphatic rings. The first-order chi connectivity index (χ1) is 7.46. The summed E-state index contributed by atoms with van der Waals surface area (Å²) in [5.74, 6) is 0.906. The first kappa shape index (κ1) is 12.4. The van der Waals surface area contributed by atoms with Gasteiger partial charge in [-0.1, -0.05) is 6.92 Å². The van der Waals surface area contributed by atoms with E-state index in [-0.39, 0.29) is 0 Å². The number of rotatable bonds is 3. The van der Waals surface area contributed by atoms with Crippen LogP contribution in [0.15, 0.2) is 0 Å². The molecule has 0 amide bonds. The van der Waals surface area contributed by atoms with E-state index in [9.17, 15) is 0 Å². The van der Waals surface area contributed by atoms with E-state index in [1.807, 2.05) is 0 Å². The first-order valence-electron chi connectivity index (χ1n) is 6.94. The second kappa shape index (κ2) is 4.34. The minimum absolute atomic E-state index is 0.563. The summed E-state index contributed by atoms with van der Waals surface area (Å²) < 4.78 is 0. The molecule has 2 heterocycles. The molecule has 92 valence electrons. The number of likely N-dealkylation sites (tertiary alicyclic amines) is 2. The van der Waals surface area contributed by atoms with Gasteiger partial charge in [0.2, 0.25) is 0 Å². The predicted molar refractivity (Wildman–Crippen MR) is 72.8 cm³/mol. The van der Waals surface area contributed by atoms with Crippen LogP contribution in [0.5, 0.6) is 0 Å². The Kier molecular flexibility index (Phi) is 3.38. The lowest BCUT2D eigenvalue weighted by molar-refractivity contribution is 0.195. The molecular weight excluding hydrogens is 195 g/mol. The largest absolute Gasteiger partial charge is 0.301 e. The second-order valence-electron chi connectivity index (χ2n) is 6.56. The van der Waals surface area contributed by atoms with Crippen molar-refractivity contribution in [3.63, 3.8) is 0 Å². The van der Waals surface area contributed by atoms with E-state index in [2.05, 4.69) is 45.3 Å². The highest BCUT2D eigenvalue weighted by Gasteiger charge is 2.49. The molecule has 2 aliphatic heterocycles. The summed E-state index contributed by atoms with van der Waals surface area (Å²) in [4.78, 5) is 5.38. The third-order valence-electron chi connectivity index (χ3n) is 4.97. The van der Waals surface area contributed by atoms with Crippen LogP contribution in [0.25, 0.3) is 0 Å². The van der Waals surface area contributed by atoms with Crippen LogP contribution in [-0.4, -0.2) is 55.9 Å². The smallest absolute Gasteiger partial charge is 0.113 e. The summed E-state index contributed by atoms with van der Waals surface area (Å²) in [5, 5.41) is 0.563. The third-order valence-corrected chi connectivity index (χ3v) is 4.97. The van der Waals surface area contributed by atoms with Crippen molar-refractivity contribution in [2.45, 2.75) is 51.5 Å². The molecule has 3 atom stereocenters. The molecule has 0 N–H and O–H groups in total. The molecule has 0 aromatic rings. The van der Waals surface area contributed by atoms with Crippen molar-refractivity contribution < 1.29 is 0 Å². The molecule has 0 aromatic heterocycles. The van der Waals surface area contributed by atoms with E-state index in [4.69, 9.17) is 0 Å². The van der Waals surface area contributed by atoms with Gasteiger partial charge in [0.25, 0.3) is 0 Å². The summed E-state index contributed by atoms with van der Waals surface area (Å²) in [7, 11) is 2.50. The van der Waals surface area contributed by atoms with Crippen molar-refractivity contribution in [1.29, 1.82) is 0 Å². The SMILES string of the molecule is B[C@@]12CN(C(C)C)C[C@@H]1CN(C(C)CC)C2. The molecule has 0 aliphatic carbocycles. The van der Waals surface area contributed by atoms with Crippen LogP contribution in [0.4, 0.5) is 0 Å². The van der Waals surface area contributed by atoms with Crippen molar-refractivity contribution in [1.82, 2.24) is 9.80 Å². The van der Waals surface area contributed by atoms with Gasteiger partial charge < -0.3 is 9.80 Å². The normalized spacial score (nSPS) is 38.2. The molecule has 3 heteroatoms. The Labute approximate surface area is 102 Å². The van der Waals surface area contributed by atoms with Crippen molar-refractivity contribution in [2.75, 3.05) is 26.2 Å². The Morgan fingerprint density at radius 3 is 2.25 bits per heavy atom. The summed E-state index contributed by atoms with van der Waals surface area (Å²) >= 11 is 0. The molecule has 0 bridgehead atoms. The molecule has 16 heavy (non-hydrogen) atoms. The predicted octanol–water partition coefficient (Wildman–Crippen LogP) is 1.23. The zero-order chi connectivity index (χ0) is 11.9. The summed E-state index contributed by atoms with van der Waals surface area (Å²) in [6.45, 7) is 14.6. The maximum absolute atomic E-state index is 2.71. The fourth-order valence-corrected chi connectivity index (χ4v) is 3.42. The average Bonchev–Trinajstić information content (AvgIpc) is 2.68. The minimum atomic E-state index is 0.563. The van der Waals surface area contributed by atoms with E-state index in [1.165, 1.54) is 32.6 Å². The summed E-state index contributed by atoms with van der Waals surface area (Å²) in [6, 6.07) is 1.49. The molecule has 2 rings (SSSR count). The van der Waals surface area contributed by atoms with Crippen LogP contribution >= 0.6 is 0 Å². The van der Waals surface area contributed by atoms with Gasteiger partial charge in [0.1, 0.15) is 7.85 Å². The Morgan fingerprint density at radius 1 is 1.19 bits per heavy atom. The fraction of sp³-hybridized carbons (Fsp3) is 1.00. The van der Waals surface area contributed by atoms with Crippen molar-refractivity contribution in [3.8, 4) is 0 Å². The molecule has 2 saturated heterocycles. The maximum Gasteiger partial charge on any atom is 0.113 e. The van der Waals surface area contributed by atoms with Gasteiger partial charge in [-0.25, -0.2) is 0 Å². The van der Waals surface area contributed by atoms with Gasteiger partial charge in [-0.05, 0) is 51.5 Å². The molecule has 1 unspecified atom stereocenters.